The van der Waals surface area contributed by atoms with Crippen molar-refractivity contribution in [3.63, 3.8) is 0 Å². The van der Waals surface area contributed by atoms with Gasteiger partial charge in [0.25, 0.3) is 0 Å². The van der Waals surface area contributed by atoms with Crippen LogP contribution >= 0.6 is 0 Å². The van der Waals surface area contributed by atoms with E-state index in [2.05, 4.69) is 4.99 Å². The van der Waals surface area contributed by atoms with E-state index in [4.69, 9.17) is 9.47 Å². The van der Waals surface area contributed by atoms with E-state index in [1.807, 2.05) is 6.07 Å². The number of carbonyl (C=O) groups excluding carboxylic acids is 1. The van der Waals surface area contributed by atoms with Gasteiger partial charge in [0, 0.05) is 18.4 Å². The van der Waals surface area contributed by atoms with E-state index in [-0.39, 0.29) is 11.7 Å². The molecule has 1 N–H and O–H groups in total. The van der Waals surface area contributed by atoms with E-state index >= 15 is 0 Å². The molecule has 0 radical (unpaired) electrons. The molecule has 0 aliphatic rings. The molecule has 0 spiro atoms. The van der Waals surface area contributed by atoms with Gasteiger partial charge in [0.1, 0.15) is 22.9 Å². The number of para-hydroxylation sites is 1. The smallest absolute Gasteiger partial charge is 0.228 e. The number of methoxy groups -OCH3 is 2. The Hall–Kier alpha value is -3.28. The van der Waals surface area contributed by atoms with Gasteiger partial charge in [-0.2, -0.15) is 0 Å². The van der Waals surface area contributed by atoms with Gasteiger partial charge in [0.05, 0.1) is 26.0 Å². The molecule has 0 bridgehead atoms. The molecule has 1 aromatic heterocycles. The zero-order chi connectivity index (χ0) is 18.0. The van der Waals surface area contributed by atoms with Crippen LogP contribution in [0.2, 0.25) is 0 Å². The van der Waals surface area contributed by atoms with Gasteiger partial charge in [-0.15, -0.1) is 0 Å². The maximum atomic E-state index is 12.1. The van der Waals surface area contributed by atoms with Crippen LogP contribution in [0.25, 0.3) is 10.9 Å². The number of rotatable bonds is 4. The lowest BCUT2D eigenvalue weighted by atomic mass is 10.2. The predicted octanol–water partition coefficient (Wildman–Crippen LogP) is 3.77. The molecule has 0 fully saturated rings. The number of ether oxygens (including phenoxy) is 2. The first-order chi connectivity index (χ1) is 12.1. The minimum atomic E-state index is -0.212. The Labute approximate surface area is 144 Å². The lowest BCUT2D eigenvalue weighted by molar-refractivity contribution is 0.0940. The van der Waals surface area contributed by atoms with Crippen molar-refractivity contribution < 1.29 is 19.4 Å². The van der Waals surface area contributed by atoms with Crippen molar-refractivity contribution in [2.75, 3.05) is 14.2 Å². The molecule has 0 aliphatic carbocycles. The summed E-state index contributed by atoms with van der Waals surface area (Å²) in [5, 5.41) is 11.1. The highest BCUT2D eigenvalue weighted by atomic mass is 16.5. The Morgan fingerprint density at radius 3 is 2.60 bits per heavy atom. The molecule has 25 heavy (non-hydrogen) atoms. The van der Waals surface area contributed by atoms with Crippen LogP contribution in [0.15, 0.2) is 47.5 Å². The number of nitrogens with zero attached hydrogens (tertiary/aromatic N) is 2. The van der Waals surface area contributed by atoms with E-state index in [1.54, 1.807) is 50.6 Å². The highest BCUT2D eigenvalue weighted by molar-refractivity contribution is 6.04. The molecular weight excluding hydrogens is 320 g/mol. The molecular formula is C19H18N2O4. The topological polar surface area (TPSA) is 73.0 Å². The third-order valence-corrected chi connectivity index (χ3v) is 3.91. The Morgan fingerprint density at radius 1 is 1.16 bits per heavy atom. The van der Waals surface area contributed by atoms with Crippen molar-refractivity contribution in [1.29, 1.82) is 0 Å². The van der Waals surface area contributed by atoms with E-state index in [9.17, 15) is 9.90 Å². The Morgan fingerprint density at radius 2 is 1.92 bits per heavy atom. The highest BCUT2D eigenvalue weighted by Crippen LogP contribution is 2.34. The predicted molar refractivity (Wildman–Crippen MR) is 96.7 cm³/mol. The van der Waals surface area contributed by atoms with Crippen LogP contribution in [0.5, 0.6) is 17.2 Å². The molecule has 2 aromatic carbocycles. The molecule has 1 heterocycles. The zero-order valence-electron chi connectivity index (χ0n) is 14.2. The van der Waals surface area contributed by atoms with Crippen LogP contribution in [-0.4, -0.2) is 36.0 Å². The van der Waals surface area contributed by atoms with Gasteiger partial charge in [-0.3, -0.25) is 14.4 Å². The Kier molecular flexibility index (Phi) is 4.43. The summed E-state index contributed by atoms with van der Waals surface area (Å²) in [5.41, 5.74) is 1.48. The van der Waals surface area contributed by atoms with Crippen LogP contribution in [0, 0.1) is 0 Å². The fraction of sp³-hybridized carbons (Fsp3) is 0.158. The van der Waals surface area contributed by atoms with Gasteiger partial charge in [0.2, 0.25) is 5.91 Å². The number of aromatic hydroxyl groups is 1. The van der Waals surface area contributed by atoms with Crippen LogP contribution in [0.1, 0.15) is 17.4 Å². The number of benzene rings is 2. The summed E-state index contributed by atoms with van der Waals surface area (Å²) in [6.07, 6.45) is 1.45. The van der Waals surface area contributed by atoms with Crippen LogP contribution in [0.3, 0.4) is 0 Å². The molecule has 0 unspecified atom stereocenters. The molecule has 6 nitrogen and oxygen atoms in total. The van der Waals surface area contributed by atoms with Gasteiger partial charge >= 0.3 is 0 Å². The Balaban J connectivity index is 2.15. The van der Waals surface area contributed by atoms with E-state index in [0.717, 1.165) is 0 Å². The molecule has 6 heteroatoms. The number of carbonyl (C=O) groups is 1. The number of aromatic nitrogens is 1. The van der Waals surface area contributed by atoms with Gasteiger partial charge in [-0.1, -0.05) is 12.1 Å². The standard InChI is InChI=1S/C19H18N2O4/c1-12(22)21-16-7-5-4-6-14(16)19(23)17(21)11-20-15-10-13(24-2)8-9-18(15)25-3/h4-11,23H,1-3H3. The third kappa shape index (κ3) is 2.94. The second-order valence-electron chi connectivity index (χ2n) is 5.40. The van der Waals surface area contributed by atoms with Crippen molar-refractivity contribution in [2.45, 2.75) is 6.92 Å². The summed E-state index contributed by atoms with van der Waals surface area (Å²) < 4.78 is 11.9. The van der Waals surface area contributed by atoms with Crippen LogP contribution < -0.4 is 9.47 Å². The van der Waals surface area contributed by atoms with Crippen molar-refractivity contribution >= 4 is 28.7 Å². The van der Waals surface area contributed by atoms with E-state index in [0.29, 0.717) is 33.8 Å². The summed E-state index contributed by atoms with van der Waals surface area (Å²) in [6.45, 7) is 1.44. The summed E-state index contributed by atoms with van der Waals surface area (Å²) in [6, 6.07) is 12.4. The third-order valence-electron chi connectivity index (χ3n) is 3.91. The SMILES string of the molecule is COc1ccc(OC)c(N=Cc2c(O)c3ccccc3n2C(C)=O)c1. The number of hydrogen-bond acceptors (Lipinski definition) is 5. The maximum Gasteiger partial charge on any atom is 0.228 e. The number of hydrogen-bond donors (Lipinski definition) is 1. The van der Waals surface area contributed by atoms with E-state index < -0.39 is 0 Å². The molecule has 128 valence electrons. The molecule has 0 amide bonds. The molecule has 0 aliphatic heterocycles. The fourth-order valence-electron chi connectivity index (χ4n) is 2.73. The lowest BCUT2D eigenvalue weighted by Gasteiger charge is -2.07. The van der Waals surface area contributed by atoms with Crippen molar-refractivity contribution in [2.24, 2.45) is 4.99 Å². The van der Waals surface area contributed by atoms with E-state index in [1.165, 1.54) is 17.7 Å². The maximum absolute atomic E-state index is 12.1. The lowest BCUT2D eigenvalue weighted by Crippen LogP contribution is -2.09. The molecule has 3 aromatic rings. The molecule has 0 atom stereocenters. The van der Waals surface area contributed by atoms with Gasteiger partial charge in [0.15, 0.2) is 5.75 Å². The molecule has 0 saturated heterocycles. The first kappa shape index (κ1) is 16.6. The second-order valence-corrected chi connectivity index (χ2v) is 5.40. The minimum absolute atomic E-state index is 0.0106. The largest absolute Gasteiger partial charge is 0.505 e. The molecule has 3 rings (SSSR count). The summed E-state index contributed by atoms with van der Waals surface area (Å²) in [7, 11) is 3.11. The quantitative estimate of drug-likeness (QED) is 0.735. The number of fused-ring (bicyclic) bond motifs is 1. The van der Waals surface area contributed by atoms with Crippen LogP contribution in [0.4, 0.5) is 5.69 Å². The highest BCUT2D eigenvalue weighted by Gasteiger charge is 2.17. The first-order valence-electron chi connectivity index (χ1n) is 7.66. The van der Waals surface area contributed by atoms with Gasteiger partial charge in [-0.25, -0.2) is 0 Å². The zero-order valence-corrected chi connectivity index (χ0v) is 14.2. The monoisotopic (exact) mass is 338 g/mol. The minimum Gasteiger partial charge on any atom is -0.505 e. The summed E-state index contributed by atoms with van der Waals surface area (Å²) in [5.74, 6) is 0.985. The average molecular weight is 338 g/mol. The fourth-order valence-corrected chi connectivity index (χ4v) is 2.73. The van der Waals surface area contributed by atoms with Crippen molar-refractivity contribution in [3.05, 3.63) is 48.2 Å². The summed E-state index contributed by atoms with van der Waals surface area (Å²) in [4.78, 5) is 16.5. The molecule has 0 saturated carbocycles. The average Bonchev–Trinajstić information content (AvgIpc) is 2.92. The van der Waals surface area contributed by atoms with Crippen molar-refractivity contribution in [3.8, 4) is 17.2 Å². The van der Waals surface area contributed by atoms with Gasteiger partial charge < -0.3 is 14.6 Å². The second kappa shape index (κ2) is 6.68. The summed E-state index contributed by atoms with van der Waals surface area (Å²) >= 11 is 0. The Bertz CT molecular complexity index is 973. The van der Waals surface area contributed by atoms with Gasteiger partial charge in [-0.05, 0) is 24.3 Å². The normalized spacial score (nSPS) is 11.2. The number of aliphatic imine (C=N–C) groups is 1. The first-order valence-corrected chi connectivity index (χ1v) is 7.66. The van der Waals surface area contributed by atoms with Crippen LogP contribution in [-0.2, 0) is 0 Å². The van der Waals surface area contributed by atoms with Crippen molar-refractivity contribution in [1.82, 2.24) is 4.57 Å².